The summed E-state index contributed by atoms with van der Waals surface area (Å²) in [5.41, 5.74) is 3.27. The maximum atomic E-state index is 13.1. The van der Waals surface area contributed by atoms with Gasteiger partial charge < -0.3 is 15.4 Å². The van der Waals surface area contributed by atoms with E-state index in [1.165, 1.54) is 16.2 Å². The van der Waals surface area contributed by atoms with Gasteiger partial charge in [-0.1, -0.05) is 30.3 Å². The molecule has 0 atom stereocenters. The van der Waals surface area contributed by atoms with Crippen LogP contribution in [0.5, 0.6) is 5.75 Å². The number of thiophene rings is 1. The van der Waals surface area contributed by atoms with Gasteiger partial charge >= 0.3 is 0 Å². The lowest BCUT2D eigenvalue weighted by Crippen LogP contribution is -2.25. The predicted octanol–water partition coefficient (Wildman–Crippen LogP) is 4.82. The molecule has 0 unspecified atom stereocenters. The fourth-order valence-electron chi connectivity index (χ4n) is 3.68. The highest BCUT2D eigenvalue weighted by molar-refractivity contribution is 7.17. The van der Waals surface area contributed by atoms with Gasteiger partial charge in [-0.3, -0.25) is 9.59 Å². The molecule has 0 aliphatic heterocycles. The Morgan fingerprint density at radius 1 is 0.967 bits per heavy atom. The van der Waals surface area contributed by atoms with Crippen LogP contribution >= 0.6 is 11.3 Å². The zero-order valence-corrected chi connectivity index (χ0v) is 17.7. The predicted molar refractivity (Wildman–Crippen MR) is 120 cm³/mol. The molecule has 6 heteroatoms. The molecule has 2 N–H and O–H groups in total. The first-order valence-electron chi connectivity index (χ1n) is 10.1. The SMILES string of the molecule is COc1ccc(C(=O)Nc2sc3c(c2C(=O)NCc2ccccc2)CCCC3)cc1. The Kier molecular flexibility index (Phi) is 6.14. The van der Waals surface area contributed by atoms with Gasteiger partial charge in [0.2, 0.25) is 0 Å². The van der Waals surface area contributed by atoms with Gasteiger partial charge in [0.1, 0.15) is 10.8 Å². The van der Waals surface area contributed by atoms with E-state index in [4.69, 9.17) is 4.74 Å². The molecule has 2 aromatic carbocycles. The lowest BCUT2D eigenvalue weighted by molar-refractivity contribution is 0.0951. The number of ether oxygens (including phenoxy) is 1. The van der Waals surface area contributed by atoms with Gasteiger partial charge in [0.25, 0.3) is 11.8 Å². The second-order valence-electron chi connectivity index (χ2n) is 7.27. The number of anilines is 1. The van der Waals surface area contributed by atoms with Crippen molar-refractivity contribution < 1.29 is 14.3 Å². The van der Waals surface area contributed by atoms with Gasteiger partial charge in [0.15, 0.2) is 0 Å². The normalized spacial score (nSPS) is 12.7. The fraction of sp³-hybridized carbons (Fsp3) is 0.250. The molecular formula is C24H24N2O3S. The van der Waals surface area contributed by atoms with Crippen molar-refractivity contribution in [2.75, 3.05) is 12.4 Å². The van der Waals surface area contributed by atoms with E-state index in [0.29, 0.717) is 28.4 Å². The highest BCUT2D eigenvalue weighted by atomic mass is 32.1. The first-order valence-corrected chi connectivity index (χ1v) is 10.9. The molecule has 30 heavy (non-hydrogen) atoms. The first kappa shape index (κ1) is 20.2. The summed E-state index contributed by atoms with van der Waals surface area (Å²) in [7, 11) is 1.59. The van der Waals surface area contributed by atoms with E-state index in [0.717, 1.165) is 36.8 Å². The number of carbonyl (C=O) groups excluding carboxylic acids is 2. The van der Waals surface area contributed by atoms with E-state index in [-0.39, 0.29) is 11.8 Å². The number of carbonyl (C=O) groups is 2. The Bertz CT molecular complexity index is 1040. The lowest BCUT2D eigenvalue weighted by atomic mass is 9.95. The Morgan fingerprint density at radius 2 is 1.70 bits per heavy atom. The van der Waals surface area contributed by atoms with Crippen LogP contribution in [0, 0.1) is 0 Å². The Hall–Kier alpha value is -3.12. The van der Waals surface area contributed by atoms with Gasteiger partial charge in [-0.25, -0.2) is 0 Å². The van der Waals surface area contributed by atoms with Crippen LogP contribution in [0.2, 0.25) is 0 Å². The third-order valence-electron chi connectivity index (χ3n) is 5.27. The molecule has 4 rings (SSSR count). The number of amides is 2. The topological polar surface area (TPSA) is 67.4 Å². The molecule has 5 nitrogen and oxygen atoms in total. The molecule has 0 spiro atoms. The van der Waals surface area contributed by atoms with E-state index in [1.807, 2.05) is 30.3 Å². The molecule has 1 heterocycles. The van der Waals surface area contributed by atoms with Crippen LogP contribution in [-0.4, -0.2) is 18.9 Å². The van der Waals surface area contributed by atoms with Crippen molar-refractivity contribution in [1.29, 1.82) is 0 Å². The van der Waals surface area contributed by atoms with Crippen LogP contribution in [0.3, 0.4) is 0 Å². The molecule has 0 saturated heterocycles. The Balaban J connectivity index is 1.57. The number of hydrogen-bond donors (Lipinski definition) is 2. The summed E-state index contributed by atoms with van der Waals surface area (Å²) in [5.74, 6) is 0.329. The number of hydrogen-bond acceptors (Lipinski definition) is 4. The molecule has 0 saturated carbocycles. The van der Waals surface area contributed by atoms with Crippen LogP contribution < -0.4 is 15.4 Å². The van der Waals surface area contributed by atoms with Crippen LogP contribution in [0.4, 0.5) is 5.00 Å². The minimum atomic E-state index is -0.228. The molecule has 1 aliphatic carbocycles. The Labute approximate surface area is 180 Å². The van der Waals surface area contributed by atoms with Gasteiger partial charge in [0.05, 0.1) is 12.7 Å². The highest BCUT2D eigenvalue weighted by Gasteiger charge is 2.26. The minimum Gasteiger partial charge on any atom is -0.497 e. The summed E-state index contributed by atoms with van der Waals surface area (Å²) in [4.78, 5) is 27.1. The number of methoxy groups -OCH3 is 1. The van der Waals surface area contributed by atoms with Crippen LogP contribution in [0.15, 0.2) is 54.6 Å². The molecule has 1 aliphatic rings. The number of fused-ring (bicyclic) bond motifs is 1. The van der Waals surface area contributed by atoms with Gasteiger partial charge in [0, 0.05) is 17.0 Å². The van der Waals surface area contributed by atoms with E-state index >= 15 is 0 Å². The average molecular weight is 421 g/mol. The van der Waals surface area contributed by atoms with Gasteiger partial charge in [-0.05, 0) is 61.1 Å². The quantitative estimate of drug-likeness (QED) is 0.601. The second-order valence-corrected chi connectivity index (χ2v) is 8.37. The molecule has 1 aromatic heterocycles. The van der Waals surface area contributed by atoms with E-state index in [2.05, 4.69) is 10.6 Å². The molecule has 0 radical (unpaired) electrons. The third kappa shape index (κ3) is 4.39. The number of benzene rings is 2. The largest absolute Gasteiger partial charge is 0.497 e. The van der Waals surface area contributed by atoms with Crippen molar-refractivity contribution in [1.82, 2.24) is 5.32 Å². The molecule has 0 bridgehead atoms. The van der Waals surface area contributed by atoms with Crippen LogP contribution in [-0.2, 0) is 19.4 Å². The smallest absolute Gasteiger partial charge is 0.256 e. The van der Waals surface area contributed by atoms with E-state index in [1.54, 1.807) is 31.4 Å². The van der Waals surface area contributed by atoms with Crippen molar-refractivity contribution in [3.05, 3.63) is 81.7 Å². The van der Waals surface area contributed by atoms with Crippen LogP contribution in [0.25, 0.3) is 0 Å². The highest BCUT2D eigenvalue weighted by Crippen LogP contribution is 2.38. The summed E-state index contributed by atoms with van der Waals surface area (Å²) >= 11 is 1.53. The van der Waals surface area contributed by atoms with Gasteiger partial charge in [-0.15, -0.1) is 11.3 Å². The third-order valence-corrected chi connectivity index (χ3v) is 6.48. The molecular weight excluding hydrogens is 396 g/mol. The number of nitrogens with one attached hydrogen (secondary N) is 2. The maximum absolute atomic E-state index is 13.1. The standard InChI is InChI=1S/C24H24N2O3S/c1-29-18-13-11-17(12-14-18)22(27)26-24-21(19-9-5-6-10-20(19)30-24)23(28)25-15-16-7-3-2-4-8-16/h2-4,7-8,11-14H,5-6,9-10,15H2,1H3,(H,25,28)(H,26,27). The van der Waals surface area contributed by atoms with Gasteiger partial charge in [-0.2, -0.15) is 0 Å². The molecule has 154 valence electrons. The first-order chi connectivity index (χ1) is 14.7. The summed E-state index contributed by atoms with van der Waals surface area (Å²) in [6, 6.07) is 16.8. The second kappa shape index (κ2) is 9.13. The number of aryl methyl sites for hydroxylation is 1. The van der Waals surface area contributed by atoms with Crippen molar-refractivity contribution in [3.63, 3.8) is 0 Å². The summed E-state index contributed by atoms with van der Waals surface area (Å²) in [6.07, 6.45) is 4.01. The summed E-state index contributed by atoms with van der Waals surface area (Å²) < 4.78 is 5.15. The Morgan fingerprint density at radius 3 is 2.43 bits per heavy atom. The van der Waals surface area contributed by atoms with Crippen molar-refractivity contribution in [2.24, 2.45) is 0 Å². The minimum absolute atomic E-state index is 0.136. The molecule has 0 fully saturated rings. The zero-order valence-electron chi connectivity index (χ0n) is 16.9. The van der Waals surface area contributed by atoms with Crippen molar-refractivity contribution >= 4 is 28.2 Å². The lowest BCUT2D eigenvalue weighted by Gasteiger charge is -2.13. The monoisotopic (exact) mass is 420 g/mol. The average Bonchev–Trinajstić information content (AvgIpc) is 3.16. The molecule has 3 aromatic rings. The van der Waals surface area contributed by atoms with E-state index in [9.17, 15) is 9.59 Å². The summed E-state index contributed by atoms with van der Waals surface area (Å²) in [6.45, 7) is 0.455. The van der Waals surface area contributed by atoms with Crippen LogP contribution in [0.1, 0.15) is 49.6 Å². The van der Waals surface area contributed by atoms with Crippen molar-refractivity contribution in [3.8, 4) is 5.75 Å². The molecule has 2 amide bonds. The summed E-state index contributed by atoms with van der Waals surface area (Å²) in [5, 5.41) is 6.63. The maximum Gasteiger partial charge on any atom is 0.256 e. The van der Waals surface area contributed by atoms with Crippen molar-refractivity contribution in [2.45, 2.75) is 32.2 Å². The van der Waals surface area contributed by atoms with E-state index < -0.39 is 0 Å². The zero-order chi connectivity index (χ0) is 20.9. The fourth-order valence-corrected chi connectivity index (χ4v) is 4.96. The number of rotatable bonds is 6.